The fraction of sp³-hybridized carbons (Fsp3) is 0.130. The van der Waals surface area contributed by atoms with Gasteiger partial charge in [-0.15, -0.1) is 11.3 Å². The lowest BCUT2D eigenvalue weighted by atomic mass is 10.2. The second-order valence-electron chi connectivity index (χ2n) is 7.49. The van der Waals surface area contributed by atoms with Crippen molar-refractivity contribution in [2.24, 2.45) is 0 Å². The van der Waals surface area contributed by atoms with Crippen molar-refractivity contribution >= 4 is 51.8 Å². The number of carbonyl (C=O) groups is 1. The summed E-state index contributed by atoms with van der Waals surface area (Å²) in [4.78, 5) is 18.6. The quantitative estimate of drug-likeness (QED) is 0.329. The van der Waals surface area contributed by atoms with Crippen LogP contribution in [0.4, 0.5) is 5.69 Å². The predicted octanol–water partition coefficient (Wildman–Crippen LogP) is 5.88. The topological polar surface area (TPSA) is 77.1 Å². The Hall–Kier alpha value is -3.20. The van der Waals surface area contributed by atoms with E-state index < -0.39 is 0 Å². The number of rotatable bonds is 5. The molecule has 5 aromatic rings. The highest BCUT2D eigenvalue weighted by Gasteiger charge is 2.20. The zero-order valence-electron chi connectivity index (χ0n) is 17.7. The Bertz CT molecular complexity index is 1490. The van der Waals surface area contributed by atoms with Gasteiger partial charge < -0.3 is 5.32 Å². The van der Waals surface area contributed by atoms with Crippen molar-refractivity contribution in [3.05, 3.63) is 86.7 Å². The van der Waals surface area contributed by atoms with E-state index in [0.717, 1.165) is 21.8 Å². The van der Waals surface area contributed by atoms with Gasteiger partial charge in [0.05, 0.1) is 40.4 Å². The Morgan fingerprint density at radius 3 is 2.79 bits per heavy atom. The first-order valence-electron chi connectivity index (χ1n) is 10.1. The van der Waals surface area contributed by atoms with Crippen molar-refractivity contribution in [1.82, 2.24) is 24.4 Å². The normalized spacial score (nSPS) is 11.3. The van der Waals surface area contributed by atoms with E-state index in [1.165, 1.54) is 6.20 Å². The molecule has 0 unspecified atom stereocenters. The maximum atomic E-state index is 13.2. The molecule has 0 aliphatic carbocycles. The second-order valence-corrected chi connectivity index (χ2v) is 9.29. The molecule has 0 fully saturated rings. The maximum absolute atomic E-state index is 13.2. The van der Waals surface area contributed by atoms with E-state index in [9.17, 15) is 4.79 Å². The number of fused-ring (bicyclic) bond motifs is 1. The van der Waals surface area contributed by atoms with Crippen molar-refractivity contribution in [1.29, 1.82) is 0 Å². The molecule has 7 nitrogen and oxygen atoms in total. The highest BCUT2D eigenvalue weighted by Crippen LogP contribution is 2.27. The van der Waals surface area contributed by atoms with Crippen LogP contribution in [0.1, 0.15) is 27.3 Å². The molecule has 0 atom stereocenters. The molecule has 0 bridgehead atoms. The van der Waals surface area contributed by atoms with Gasteiger partial charge in [0.1, 0.15) is 5.56 Å². The lowest BCUT2D eigenvalue weighted by molar-refractivity contribution is 0.102. The first-order valence-corrected chi connectivity index (χ1v) is 11.7. The fourth-order valence-corrected chi connectivity index (χ4v) is 4.89. The van der Waals surface area contributed by atoms with E-state index in [1.54, 1.807) is 34.2 Å². The zero-order valence-corrected chi connectivity index (χ0v) is 20.0. The summed E-state index contributed by atoms with van der Waals surface area (Å²) in [6, 6.07) is 11.2. The Morgan fingerprint density at radius 2 is 2.03 bits per heavy atom. The van der Waals surface area contributed by atoms with Crippen LogP contribution in [0.3, 0.4) is 0 Å². The molecule has 10 heteroatoms. The monoisotopic (exact) mass is 496 g/mol. The van der Waals surface area contributed by atoms with Crippen LogP contribution in [0.25, 0.3) is 16.2 Å². The Balaban J connectivity index is 1.44. The number of halogens is 2. The molecule has 166 valence electrons. The third kappa shape index (κ3) is 4.01. The number of aryl methyl sites for hydroxylation is 1. The van der Waals surface area contributed by atoms with Crippen LogP contribution in [-0.4, -0.2) is 30.3 Å². The molecule has 0 saturated carbocycles. The summed E-state index contributed by atoms with van der Waals surface area (Å²) in [5, 5.41) is 15.1. The van der Waals surface area contributed by atoms with Gasteiger partial charge in [-0.25, -0.2) is 9.50 Å². The first kappa shape index (κ1) is 21.6. The number of hydrogen-bond acceptors (Lipinski definition) is 5. The molecule has 0 aliphatic rings. The Labute approximate surface area is 203 Å². The number of thiophene rings is 1. The van der Waals surface area contributed by atoms with E-state index in [2.05, 4.69) is 20.5 Å². The van der Waals surface area contributed by atoms with E-state index in [0.29, 0.717) is 39.2 Å². The summed E-state index contributed by atoms with van der Waals surface area (Å²) in [6.45, 7) is 4.22. The third-order valence-electron chi connectivity index (χ3n) is 5.37. The van der Waals surface area contributed by atoms with Gasteiger partial charge in [-0.2, -0.15) is 10.2 Å². The minimum atomic E-state index is -0.295. The van der Waals surface area contributed by atoms with Gasteiger partial charge in [-0.3, -0.25) is 9.48 Å². The van der Waals surface area contributed by atoms with Gasteiger partial charge in [0.25, 0.3) is 5.91 Å². The molecular weight excluding hydrogens is 479 g/mol. The molecule has 1 aromatic carbocycles. The number of nitrogens with zero attached hydrogens (tertiary/aromatic N) is 5. The molecule has 5 rings (SSSR count). The Kier molecular flexibility index (Phi) is 5.65. The van der Waals surface area contributed by atoms with Crippen molar-refractivity contribution in [3.8, 4) is 10.6 Å². The number of aromatic nitrogens is 5. The molecule has 4 aromatic heterocycles. The zero-order chi connectivity index (χ0) is 23.1. The lowest BCUT2D eigenvalue weighted by Gasteiger charge is -2.08. The molecule has 0 spiro atoms. The first-order chi connectivity index (χ1) is 15.9. The largest absolute Gasteiger partial charge is 0.319 e. The highest BCUT2D eigenvalue weighted by atomic mass is 35.5. The summed E-state index contributed by atoms with van der Waals surface area (Å²) >= 11 is 13.9. The summed E-state index contributed by atoms with van der Waals surface area (Å²) in [7, 11) is 0. The van der Waals surface area contributed by atoms with Gasteiger partial charge in [-0.1, -0.05) is 35.3 Å². The summed E-state index contributed by atoms with van der Waals surface area (Å²) in [6.07, 6.45) is 3.23. The molecule has 0 saturated heterocycles. The smallest absolute Gasteiger partial charge is 0.261 e. The van der Waals surface area contributed by atoms with Crippen LogP contribution in [0.5, 0.6) is 0 Å². The van der Waals surface area contributed by atoms with Crippen LogP contribution >= 0.6 is 34.5 Å². The summed E-state index contributed by atoms with van der Waals surface area (Å²) in [5.41, 5.74) is 4.82. The van der Waals surface area contributed by atoms with Crippen LogP contribution in [0, 0.1) is 13.8 Å². The van der Waals surface area contributed by atoms with E-state index in [4.69, 9.17) is 23.2 Å². The number of carbonyl (C=O) groups excluding carboxylic acids is 1. The minimum Gasteiger partial charge on any atom is -0.319 e. The number of anilines is 1. The molecule has 4 heterocycles. The molecule has 0 radical (unpaired) electrons. The average Bonchev–Trinajstić information content (AvgIpc) is 3.52. The van der Waals surface area contributed by atoms with Crippen molar-refractivity contribution in [2.45, 2.75) is 20.4 Å². The summed E-state index contributed by atoms with van der Waals surface area (Å²) < 4.78 is 3.50. The number of amides is 1. The van der Waals surface area contributed by atoms with E-state index in [1.807, 2.05) is 48.2 Å². The van der Waals surface area contributed by atoms with Crippen LogP contribution in [0.15, 0.2) is 54.2 Å². The molecule has 33 heavy (non-hydrogen) atoms. The fourth-order valence-electron chi connectivity index (χ4n) is 3.69. The number of hydrogen-bond donors (Lipinski definition) is 1. The lowest BCUT2D eigenvalue weighted by Crippen LogP contribution is -2.13. The van der Waals surface area contributed by atoms with E-state index >= 15 is 0 Å². The maximum Gasteiger partial charge on any atom is 0.261 e. The van der Waals surface area contributed by atoms with Gasteiger partial charge in [-0.05, 0) is 49.1 Å². The molecule has 1 amide bonds. The third-order valence-corrected chi connectivity index (χ3v) is 6.85. The second kappa shape index (κ2) is 8.62. The summed E-state index contributed by atoms with van der Waals surface area (Å²) in [5.74, 6) is -0.295. The van der Waals surface area contributed by atoms with Crippen LogP contribution < -0.4 is 5.32 Å². The van der Waals surface area contributed by atoms with Crippen LogP contribution in [-0.2, 0) is 6.54 Å². The standard InChI is InChI=1S/C23H18Cl2N6OS/c1-13-21(14(2)30(29-13)12-15-5-6-16(24)10-18(15)25)28-23(32)17-11-27-31-19(7-8-26-22(17)31)20-4-3-9-33-20/h3-11H,12H2,1-2H3,(H,28,32). The van der Waals surface area contributed by atoms with E-state index in [-0.39, 0.29) is 5.91 Å². The van der Waals surface area contributed by atoms with Gasteiger partial charge in [0, 0.05) is 16.2 Å². The molecule has 1 N–H and O–H groups in total. The van der Waals surface area contributed by atoms with Crippen LogP contribution in [0.2, 0.25) is 10.0 Å². The highest BCUT2D eigenvalue weighted by molar-refractivity contribution is 7.13. The van der Waals surface area contributed by atoms with Crippen molar-refractivity contribution in [3.63, 3.8) is 0 Å². The van der Waals surface area contributed by atoms with Gasteiger partial charge in [0.2, 0.25) is 0 Å². The molecule has 0 aliphatic heterocycles. The van der Waals surface area contributed by atoms with Crippen molar-refractivity contribution < 1.29 is 4.79 Å². The number of nitrogens with one attached hydrogen (secondary N) is 1. The molecular formula is C23H18Cl2N6OS. The number of benzene rings is 1. The SMILES string of the molecule is Cc1nn(Cc2ccc(Cl)cc2Cl)c(C)c1NC(=O)c1cnn2c(-c3cccs3)ccnc12. The van der Waals surface area contributed by atoms with Gasteiger partial charge >= 0.3 is 0 Å². The minimum absolute atomic E-state index is 0.295. The van der Waals surface area contributed by atoms with Gasteiger partial charge in [0.15, 0.2) is 5.65 Å². The van der Waals surface area contributed by atoms with Crippen molar-refractivity contribution in [2.75, 3.05) is 5.32 Å². The predicted molar refractivity (Wildman–Crippen MR) is 132 cm³/mol. The average molecular weight is 497 g/mol. The Morgan fingerprint density at radius 1 is 1.18 bits per heavy atom.